The normalized spacial score (nSPS) is 15.4. The first-order valence-electron chi connectivity index (χ1n) is 10.3. The molecule has 1 amide bonds. The summed E-state index contributed by atoms with van der Waals surface area (Å²) in [5, 5.41) is 7.84. The molecule has 7 heteroatoms. The molecule has 0 aromatic carbocycles. The Bertz CT molecular complexity index is 903. The fourth-order valence-corrected chi connectivity index (χ4v) is 3.15. The Kier molecular flexibility index (Phi) is 5.45. The molecular weight excluding hydrogens is 364 g/mol. The molecule has 3 heterocycles. The van der Waals surface area contributed by atoms with E-state index in [1.165, 1.54) is 0 Å². The van der Waals surface area contributed by atoms with Crippen molar-refractivity contribution < 1.29 is 4.79 Å². The van der Waals surface area contributed by atoms with E-state index in [9.17, 15) is 4.79 Å². The second kappa shape index (κ2) is 7.43. The molecule has 7 nitrogen and oxygen atoms in total. The maximum Gasteiger partial charge on any atom is 0.228 e. The van der Waals surface area contributed by atoms with Gasteiger partial charge in [0.2, 0.25) is 11.9 Å². The van der Waals surface area contributed by atoms with E-state index in [1.54, 1.807) is 4.68 Å². The Morgan fingerprint density at radius 3 is 2.48 bits per heavy atom. The van der Waals surface area contributed by atoms with Gasteiger partial charge in [-0.2, -0.15) is 5.10 Å². The lowest BCUT2D eigenvalue weighted by atomic mass is 9.80. The molecule has 1 atom stereocenters. The first-order valence-corrected chi connectivity index (χ1v) is 10.3. The smallest absolute Gasteiger partial charge is 0.228 e. The van der Waals surface area contributed by atoms with Gasteiger partial charge in [0.25, 0.3) is 0 Å². The standard InChI is InChI=1S/C22H34N6O/c1-14(21(2,3)4)9-19(29)28-12-15-11-23-20(24-16(15)13-28)25-18-10-17(22(5,6)7)26-27(18)8/h10-11,14H,9,12-13H2,1-8H3,(H,23,24,25). The van der Waals surface area contributed by atoms with Crippen LogP contribution in [0.25, 0.3) is 0 Å². The highest BCUT2D eigenvalue weighted by atomic mass is 16.2. The lowest BCUT2D eigenvalue weighted by Gasteiger charge is -2.28. The summed E-state index contributed by atoms with van der Waals surface area (Å²) in [6.07, 6.45) is 2.38. The SMILES string of the molecule is CC(CC(=O)N1Cc2cnc(Nc3cc(C(C)(C)C)nn3C)nc2C1)C(C)(C)C. The molecule has 1 N–H and O–H groups in total. The van der Waals surface area contributed by atoms with Crippen molar-refractivity contribution in [3.8, 4) is 0 Å². The van der Waals surface area contributed by atoms with Crippen LogP contribution in [0.4, 0.5) is 11.8 Å². The number of nitrogens with one attached hydrogen (secondary N) is 1. The number of rotatable bonds is 4. The van der Waals surface area contributed by atoms with Crippen LogP contribution >= 0.6 is 0 Å². The van der Waals surface area contributed by atoms with E-state index in [0.717, 1.165) is 22.8 Å². The summed E-state index contributed by atoms with van der Waals surface area (Å²) in [6.45, 7) is 16.2. The van der Waals surface area contributed by atoms with Crippen molar-refractivity contribution in [3.05, 3.63) is 29.2 Å². The number of nitrogens with zero attached hydrogens (tertiary/aromatic N) is 5. The average Bonchev–Trinajstić information content (AvgIpc) is 3.17. The monoisotopic (exact) mass is 398 g/mol. The molecule has 1 aliphatic rings. The Balaban J connectivity index is 1.70. The van der Waals surface area contributed by atoms with Crippen molar-refractivity contribution in [1.29, 1.82) is 0 Å². The second-order valence-electron chi connectivity index (χ2n) is 10.3. The Hall–Kier alpha value is -2.44. The van der Waals surface area contributed by atoms with E-state index < -0.39 is 0 Å². The van der Waals surface area contributed by atoms with Gasteiger partial charge < -0.3 is 10.2 Å². The number of anilines is 2. The van der Waals surface area contributed by atoms with Gasteiger partial charge in [-0.15, -0.1) is 0 Å². The quantitative estimate of drug-likeness (QED) is 0.837. The van der Waals surface area contributed by atoms with Crippen molar-refractivity contribution in [3.63, 3.8) is 0 Å². The molecule has 29 heavy (non-hydrogen) atoms. The summed E-state index contributed by atoms with van der Waals surface area (Å²) in [7, 11) is 1.90. The molecular formula is C22H34N6O. The van der Waals surface area contributed by atoms with Crippen molar-refractivity contribution in [1.82, 2.24) is 24.6 Å². The number of amides is 1. The number of aromatic nitrogens is 4. The maximum atomic E-state index is 12.7. The molecule has 0 radical (unpaired) electrons. The van der Waals surface area contributed by atoms with Gasteiger partial charge >= 0.3 is 0 Å². The molecule has 2 aromatic rings. The molecule has 0 bridgehead atoms. The Morgan fingerprint density at radius 2 is 1.90 bits per heavy atom. The topological polar surface area (TPSA) is 75.9 Å². The molecule has 158 valence electrons. The molecule has 0 saturated heterocycles. The molecule has 0 aliphatic carbocycles. The van der Waals surface area contributed by atoms with Gasteiger partial charge in [0.15, 0.2) is 0 Å². The average molecular weight is 399 g/mol. The summed E-state index contributed by atoms with van der Waals surface area (Å²) in [6, 6.07) is 2.03. The van der Waals surface area contributed by atoms with Crippen molar-refractivity contribution in [2.75, 3.05) is 5.32 Å². The number of carbonyl (C=O) groups excluding carboxylic acids is 1. The van der Waals surface area contributed by atoms with Crippen molar-refractivity contribution in [2.45, 2.75) is 73.4 Å². The van der Waals surface area contributed by atoms with E-state index in [2.05, 4.69) is 68.8 Å². The highest BCUT2D eigenvalue weighted by Gasteiger charge is 2.29. The lowest BCUT2D eigenvalue weighted by molar-refractivity contribution is -0.133. The summed E-state index contributed by atoms with van der Waals surface area (Å²) in [5.74, 6) is 1.88. The van der Waals surface area contributed by atoms with Gasteiger partial charge in [0.1, 0.15) is 5.82 Å². The van der Waals surface area contributed by atoms with Crippen LogP contribution in [-0.4, -0.2) is 30.6 Å². The summed E-state index contributed by atoms with van der Waals surface area (Å²) >= 11 is 0. The minimum absolute atomic E-state index is 0.0263. The fraction of sp³-hybridized carbons (Fsp3) is 0.636. The number of carbonyl (C=O) groups is 1. The zero-order chi connectivity index (χ0) is 21.6. The second-order valence-corrected chi connectivity index (χ2v) is 10.3. The number of hydrogen-bond acceptors (Lipinski definition) is 5. The third-order valence-electron chi connectivity index (χ3n) is 5.86. The Morgan fingerprint density at radius 1 is 1.21 bits per heavy atom. The zero-order valence-corrected chi connectivity index (χ0v) is 19.0. The highest BCUT2D eigenvalue weighted by Crippen LogP contribution is 2.31. The third-order valence-corrected chi connectivity index (χ3v) is 5.86. The lowest BCUT2D eigenvalue weighted by Crippen LogP contribution is -2.30. The molecule has 0 fully saturated rings. The van der Waals surface area contributed by atoms with Gasteiger partial charge in [-0.25, -0.2) is 9.97 Å². The summed E-state index contributed by atoms with van der Waals surface area (Å²) in [4.78, 5) is 23.7. The first kappa shape index (κ1) is 21.3. The third kappa shape index (κ3) is 4.77. The van der Waals surface area contributed by atoms with Gasteiger partial charge in [-0.1, -0.05) is 48.5 Å². The van der Waals surface area contributed by atoms with Crippen molar-refractivity contribution >= 4 is 17.7 Å². The summed E-state index contributed by atoms with van der Waals surface area (Å²) < 4.78 is 1.81. The van der Waals surface area contributed by atoms with Crippen LogP contribution in [0.2, 0.25) is 0 Å². The number of fused-ring (bicyclic) bond motifs is 1. The van der Waals surface area contributed by atoms with Gasteiger partial charge in [-0.3, -0.25) is 9.48 Å². The number of aryl methyl sites for hydroxylation is 1. The van der Waals surface area contributed by atoms with Crippen LogP contribution < -0.4 is 5.32 Å². The van der Waals surface area contributed by atoms with Crippen LogP contribution in [0.5, 0.6) is 0 Å². The molecule has 1 aliphatic heterocycles. The van der Waals surface area contributed by atoms with E-state index in [-0.39, 0.29) is 16.7 Å². The van der Waals surface area contributed by atoms with Gasteiger partial charge in [-0.05, 0) is 11.3 Å². The van der Waals surface area contributed by atoms with Crippen molar-refractivity contribution in [2.24, 2.45) is 18.4 Å². The van der Waals surface area contributed by atoms with Crippen LogP contribution in [0.15, 0.2) is 12.3 Å². The predicted octanol–water partition coefficient (Wildman–Crippen LogP) is 4.17. The largest absolute Gasteiger partial charge is 0.332 e. The molecule has 1 unspecified atom stereocenters. The molecule has 3 rings (SSSR count). The van der Waals surface area contributed by atoms with Crippen LogP contribution in [0.3, 0.4) is 0 Å². The van der Waals surface area contributed by atoms with E-state index >= 15 is 0 Å². The first-order chi connectivity index (χ1) is 13.3. The van der Waals surface area contributed by atoms with E-state index in [1.807, 2.05) is 24.2 Å². The van der Waals surface area contributed by atoms with Crippen LogP contribution in [0, 0.1) is 11.3 Å². The highest BCUT2D eigenvalue weighted by molar-refractivity contribution is 5.77. The van der Waals surface area contributed by atoms with E-state index in [0.29, 0.717) is 31.4 Å². The summed E-state index contributed by atoms with van der Waals surface area (Å²) in [5.41, 5.74) is 3.04. The van der Waals surface area contributed by atoms with Gasteiger partial charge in [0.05, 0.1) is 17.9 Å². The molecule has 0 spiro atoms. The molecule has 0 saturated carbocycles. The predicted molar refractivity (Wildman–Crippen MR) is 115 cm³/mol. The van der Waals surface area contributed by atoms with Crippen LogP contribution in [-0.2, 0) is 30.3 Å². The Labute approximate surface area is 173 Å². The molecule has 2 aromatic heterocycles. The zero-order valence-electron chi connectivity index (χ0n) is 19.0. The minimum atomic E-state index is -0.0263. The van der Waals surface area contributed by atoms with Crippen LogP contribution in [0.1, 0.15) is 71.8 Å². The number of hydrogen-bond donors (Lipinski definition) is 1. The van der Waals surface area contributed by atoms with Gasteiger partial charge in [0, 0.05) is 43.3 Å². The minimum Gasteiger partial charge on any atom is -0.332 e. The maximum absolute atomic E-state index is 12.7. The van der Waals surface area contributed by atoms with E-state index in [4.69, 9.17) is 0 Å². The fourth-order valence-electron chi connectivity index (χ4n) is 3.15.